The van der Waals surface area contributed by atoms with E-state index in [0.717, 1.165) is 6.54 Å². The lowest BCUT2D eigenvalue weighted by molar-refractivity contribution is 0.202. The Bertz CT molecular complexity index is 781. The normalized spacial score (nSPS) is 11.5. The molecule has 0 saturated carbocycles. The summed E-state index contributed by atoms with van der Waals surface area (Å²) in [5.41, 5.74) is 0. The Morgan fingerprint density at radius 3 is 2.20 bits per heavy atom. The lowest BCUT2D eigenvalue weighted by Gasteiger charge is -2.17. The Kier molecular flexibility index (Phi) is 7.07. The van der Waals surface area contributed by atoms with E-state index in [-0.39, 0.29) is 4.90 Å². The second kappa shape index (κ2) is 9.05. The second-order valence-electron chi connectivity index (χ2n) is 5.45. The first kappa shape index (κ1) is 19.5. The Morgan fingerprint density at radius 2 is 1.60 bits per heavy atom. The van der Waals surface area contributed by atoms with Crippen LogP contribution >= 0.6 is 11.6 Å². The molecule has 0 aliphatic heterocycles. The standard InChI is InChI=1S/C17H21ClN2O4S/c1-20(11-13-24-17-5-3-2-4-16(17)18)10-12-23-14-6-8-15(9-7-14)25(19,21)22/h2-9H,10-13H2,1H3,(H2,19,21,22). The zero-order valence-corrected chi connectivity index (χ0v) is 15.5. The molecule has 0 spiro atoms. The summed E-state index contributed by atoms with van der Waals surface area (Å²) in [5.74, 6) is 1.26. The maximum Gasteiger partial charge on any atom is 0.238 e. The molecule has 0 radical (unpaired) electrons. The van der Waals surface area contributed by atoms with Gasteiger partial charge in [-0.1, -0.05) is 23.7 Å². The van der Waals surface area contributed by atoms with E-state index < -0.39 is 10.0 Å². The van der Waals surface area contributed by atoms with E-state index in [4.69, 9.17) is 26.2 Å². The van der Waals surface area contributed by atoms with Crippen LogP contribution in [0.2, 0.25) is 5.02 Å². The van der Waals surface area contributed by atoms with Crippen LogP contribution in [0.4, 0.5) is 0 Å². The Balaban J connectivity index is 1.68. The number of halogens is 1. The summed E-state index contributed by atoms with van der Waals surface area (Å²) >= 11 is 6.03. The molecule has 0 aliphatic rings. The molecule has 0 atom stereocenters. The highest BCUT2D eigenvalue weighted by molar-refractivity contribution is 7.89. The molecule has 25 heavy (non-hydrogen) atoms. The zero-order valence-electron chi connectivity index (χ0n) is 13.9. The monoisotopic (exact) mass is 384 g/mol. The highest BCUT2D eigenvalue weighted by atomic mass is 35.5. The van der Waals surface area contributed by atoms with E-state index in [1.54, 1.807) is 18.2 Å². The summed E-state index contributed by atoms with van der Waals surface area (Å²) in [4.78, 5) is 2.13. The molecular weight excluding hydrogens is 364 g/mol. The molecule has 0 aliphatic carbocycles. The number of nitrogens with zero attached hydrogens (tertiary/aromatic N) is 1. The number of hydrogen-bond donors (Lipinski definition) is 1. The van der Waals surface area contributed by atoms with Crippen LogP contribution in [-0.4, -0.2) is 46.7 Å². The topological polar surface area (TPSA) is 81.9 Å². The van der Waals surface area contributed by atoms with Crippen molar-refractivity contribution in [3.8, 4) is 11.5 Å². The van der Waals surface area contributed by atoms with Gasteiger partial charge in [-0.15, -0.1) is 0 Å². The van der Waals surface area contributed by atoms with Gasteiger partial charge in [-0.05, 0) is 43.4 Å². The van der Waals surface area contributed by atoms with Crippen molar-refractivity contribution in [2.75, 3.05) is 33.4 Å². The van der Waals surface area contributed by atoms with Crippen LogP contribution in [0.15, 0.2) is 53.4 Å². The van der Waals surface area contributed by atoms with Crippen molar-refractivity contribution in [2.24, 2.45) is 5.14 Å². The van der Waals surface area contributed by atoms with Crippen LogP contribution in [0.25, 0.3) is 0 Å². The van der Waals surface area contributed by atoms with Crippen molar-refractivity contribution in [1.82, 2.24) is 4.90 Å². The zero-order chi connectivity index (χ0) is 18.3. The van der Waals surface area contributed by atoms with Crippen molar-refractivity contribution in [3.63, 3.8) is 0 Å². The van der Waals surface area contributed by atoms with Gasteiger partial charge in [-0.2, -0.15) is 0 Å². The van der Waals surface area contributed by atoms with Crippen LogP contribution in [0.1, 0.15) is 0 Å². The average molecular weight is 385 g/mol. The molecule has 2 rings (SSSR count). The lowest BCUT2D eigenvalue weighted by atomic mass is 10.3. The Morgan fingerprint density at radius 1 is 1.00 bits per heavy atom. The fourth-order valence-electron chi connectivity index (χ4n) is 2.03. The van der Waals surface area contributed by atoms with E-state index in [2.05, 4.69) is 4.90 Å². The highest BCUT2D eigenvalue weighted by Crippen LogP contribution is 2.22. The van der Waals surface area contributed by atoms with Gasteiger partial charge in [-0.3, -0.25) is 4.90 Å². The van der Waals surface area contributed by atoms with E-state index in [0.29, 0.717) is 36.3 Å². The van der Waals surface area contributed by atoms with Crippen LogP contribution in [0.5, 0.6) is 11.5 Å². The summed E-state index contributed by atoms with van der Waals surface area (Å²) in [6, 6.07) is 13.4. The molecule has 0 saturated heterocycles. The van der Waals surface area contributed by atoms with Crippen molar-refractivity contribution in [2.45, 2.75) is 4.90 Å². The Labute approximate surface area is 153 Å². The third-order valence-electron chi connectivity index (χ3n) is 3.46. The Hall–Kier alpha value is -1.80. The summed E-state index contributed by atoms with van der Waals surface area (Å²) < 4.78 is 33.6. The fourth-order valence-corrected chi connectivity index (χ4v) is 2.74. The molecule has 0 fully saturated rings. The first-order valence-corrected chi connectivity index (χ1v) is 9.60. The number of nitrogens with two attached hydrogens (primary N) is 1. The molecular formula is C17H21ClN2O4S. The van der Waals surface area contributed by atoms with E-state index in [9.17, 15) is 8.42 Å². The highest BCUT2D eigenvalue weighted by Gasteiger charge is 2.07. The van der Waals surface area contributed by atoms with Crippen LogP contribution in [-0.2, 0) is 10.0 Å². The summed E-state index contributed by atoms with van der Waals surface area (Å²) in [6.07, 6.45) is 0. The van der Waals surface area contributed by atoms with E-state index in [1.807, 2.05) is 25.2 Å². The minimum absolute atomic E-state index is 0.0636. The molecule has 2 aromatic rings. The predicted octanol–water partition coefficient (Wildman–Crippen LogP) is 2.38. The van der Waals surface area contributed by atoms with Gasteiger partial charge < -0.3 is 9.47 Å². The van der Waals surface area contributed by atoms with Gasteiger partial charge in [-0.25, -0.2) is 13.6 Å². The molecule has 0 amide bonds. The van der Waals surface area contributed by atoms with Crippen molar-refractivity contribution < 1.29 is 17.9 Å². The van der Waals surface area contributed by atoms with Crippen molar-refractivity contribution >= 4 is 21.6 Å². The third kappa shape index (κ3) is 6.55. The molecule has 8 heteroatoms. The molecule has 136 valence electrons. The van der Waals surface area contributed by atoms with Gasteiger partial charge in [0.05, 0.1) is 9.92 Å². The van der Waals surface area contributed by atoms with Gasteiger partial charge in [0, 0.05) is 13.1 Å². The largest absolute Gasteiger partial charge is 0.492 e. The van der Waals surface area contributed by atoms with Gasteiger partial charge in [0.25, 0.3) is 0 Å². The van der Waals surface area contributed by atoms with Crippen molar-refractivity contribution in [1.29, 1.82) is 0 Å². The summed E-state index contributed by atoms with van der Waals surface area (Å²) in [7, 11) is -1.72. The molecule has 0 heterocycles. The minimum Gasteiger partial charge on any atom is -0.492 e. The average Bonchev–Trinajstić information content (AvgIpc) is 2.56. The number of hydrogen-bond acceptors (Lipinski definition) is 5. The molecule has 0 aromatic heterocycles. The van der Waals surface area contributed by atoms with Crippen LogP contribution in [0, 0.1) is 0 Å². The number of likely N-dealkylation sites (N-methyl/N-ethyl adjacent to an activating group) is 1. The fraction of sp³-hybridized carbons (Fsp3) is 0.294. The maximum absolute atomic E-state index is 11.2. The van der Waals surface area contributed by atoms with E-state index in [1.165, 1.54) is 12.1 Å². The van der Waals surface area contributed by atoms with Gasteiger partial charge in [0.2, 0.25) is 10.0 Å². The molecule has 0 bridgehead atoms. The minimum atomic E-state index is -3.68. The summed E-state index contributed by atoms with van der Waals surface area (Å²) in [6.45, 7) is 2.41. The maximum atomic E-state index is 11.2. The van der Waals surface area contributed by atoms with Gasteiger partial charge in [0.1, 0.15) is 24.7 Å². The number of primary sulfonamides is 1. The van der Waals surface area contributed by atoms with Crippen molar-refractivity contribution in [3.05, 3.63) is 53.6 Å². The third-order valence-corrected chi connectivity index (χ3v) is 4.70. The molecule has 2 N–H and O–H groups in total. The number of para-hydroxylation sites is 1. The number of benzene rings is 2. The lowest BCUT2D eigenvalue weighted by Crippen LogP contribution is -2.28. The first-order valence-electron chi connectivity index (χ1n) is 7.68. The molecule has 0 unspecified atom stereocenters. The predicted molar refractivity (Wildman–Crippen MR) is 97.8 cm³/mol. The summed E-state index contributed by atoms with van der Waals surface area (Å²) in [5, 5.41) is 5.64. The first-order chi connectivity index (χ1) is 11.9. The molecule has 2 aromatic carbocycles. The number of ether oxygens (including phenoxy) is 2. The van der Waals surface area contributed by atoms with Gasteiger partial charge >= 0.3 is 0 Å². The van der Waals surface area contributed by atoms with E-state index >= 15 is 0 Å². The smallest absolute Gasteiger partial charge is 0.238 e. The number of rotatable bonds is 9. The SMILES string of the molecule is CN(CCOc1ccc(S(N)(=O)=O)cc1)CCOc1ccccc1Cl. The van der Waals surface area contributed by atoms with Crippen LogP contribution in [0.3, 0.4) is 0 Å². The second-order valence-corrected chi connectivity index (χ2v) is 7.42. The van der Waals surface area contributed by atoms with Gasteiger partial charge in [0.15, 0.2) is 0 Å². The quantitative estimate of drug-likeness (QED) is 0.717. The molecule has 6 nitrogen and oxygen atoms in total. The number of sulfonamides is 1. The van der Waals surface area contributed by atoms with Crippen LogP contribution < -0.4 is 14.6 Å².